The predicted octanol–water partition coefficient (Wildman–Crippen LogP) is 2.18. The zero-order valence-corrected chi connectivity index (χ0v) is 6.35. The monoisotopic (exact) mass is 126 g/mol. The van der Waals surface area contributed by atoms with E-state index in [0.29, 0.717) is 0 Å². The molecular weight excluding hydrogens is 112 g/mol. The Balaban J connectivity index is 3.83. The van der Waals surface area contributed by atoms with Crippen LogP contribution >= 0.6 is 0 Å². The molecule has 1 heteroatoms. The summed E-state index contributed by atoms with van der Waals surface area (Å²) in [4.78, 5) is 10.7. The van der Waals surface area contributed by atoms with Crippen molar-refractivity contribution in [1.29, 1.82) is 0 Å². The fourth-order valence-corrected chi connectivity index (χ4v) is 0.791. The van der Waals surface area contributed by atoms with Crippen LogP contribution in [0, 0.1) is 5.92 Å². The maximum absolute atomic E-state index is 10.7. The first kappa shape index (κ1) is 8.41. The Labute approximate surface area is 56.8 Å². The van der Waals surface area contributed by atoms with Gasteiger partial charge < -0.3 is 0 Å². The third kappa shape index (κ3) is 3.07. The van der Waals surface area contributed by atoms with Crippen molar-refractivity contribution in [3.8, 4) is 0 Å². The average molecular weight is 126 g/mol. The van der Waals surface area contributed by atoms with Gasteiger partial charge in [0, 0.05) is 5.92 Å². The molecule has 0 fully saturated rings. The molecule has 0 aromatic rings. The van der Waals surface area contributed by atoms with E-state index in [0.717, 1.165) is 6.42 Å². The largest absolute Gasteiger partial charge is 0.299 e. The summed E-state index contributed by atoms with van der Waals surface area (Å²) in [5, 5.41) is 0. The van der Waals surface area contributed by atoms with Crippen LogP contribution in [0.5, 0.6) is 0 Å². The Morgan fingerprint density at radius 3 is 2.33 bits per heavy atom. The number of carbonyl (C=O) groups is 1. The number of ketones is 1. The molecule has 9 heavy (non-hydrogen) atoms. The summed E-state index contributed by atoms with van der Waals surface area (Å²) in [5.41, 5.74) is 0. The maximum Gasteiger partial charge on any atom is 0.136 e. The summed E-state index contributed by atoms with van der Waals surface area (Å²) in [5.74, 6) is 0.408. The molecular formula is C8H14O. The van der Waals surface area contributed by atoms with Gasteiger partial charge in [-0.15, -0.1) is 0 Å². The van der Waals surface area contributed by atoms with Gasteiger partial charge in [-0.3, -0.25) is 4.79 Å². The van der Waals surface area contributed by atoms with E-state index in [9.17, 15) is 4.79 Å². The van der Waals surface area contributed by atoms with Crippen LogP contribution in [-0.2, 0) is 4.79 Å². The highest BCUT2D eigenvalue weighted by Gasteiger charge is 2.04. The van der Waals surface area contributed by atoms with Crippen LogP contribution in [0.1, 0.15) is 27.2 Å². The smallest absolute Gasteiger partial charge is 0.136 e. The highest BCUT2D eigenvalue weighted by molar-refractivity contribution is 5.79. The standard InChI is InChI=1S/C8H14O/c1-4-6-8(5-2)7(3)9/h4,6,8H,5H2,1-3H3. The van der Waals surface area contributed by atoms with Crippen LogP contribution in [0.15, 0.2) is 12.2 Å². The van der Waals surface area contributed by atoms with E-state index in [1.807, 2.05) is 26.0 Å². The second-order valence-electron chi connectivity index (χ2n) is 2.15. The molecule has 0 aliphatic heterocycles. The molecule has 0 bridgehead atoms. The molecule has 52 valence electrons. The summed E-state index contributed by atoms with van der Waals surface area (Å²) in [6.45, 7) is 5.59. The van der Waals surface area contributed by atoms with Gasteiger partial charge in [0.2, 0.25) is 0 Å². The van der Waals surface area contributed by atoms with Crippen molar-refractivity contribution in [2.75, 3.05) is 0 Å². The highest BCUT2D eigenvalue weighted by Crippen LogP contribution is 2.04. The lowest BCUT2D eigenvalue weighted by Crippen LogP contribution is -2.05. The molecule has 0 radical (unpaired) electrons. The van der Waals surface area contributed by atoms with E-state index >= 15 is 0 Å². The first-order chi connectivity index (χ1) is 4.22. The van der Waals surface area contributed by atoms with Crippen molar-refractivity contribution in [1.82, 2.24) is 0 Å². The van der Waals surface area contributed by atoms with E-state index in [2.05, 4.69) is 0 Å². The minimum atomic E-state index is 0.148. The van der Waals surface area contributed by atoms with Crippen molar-refractivity contribution in [3.05, 3.63) is 12.2 Å². The minimum Gasteiger partial charge on any atom is -0.299 e. The van der Waals surface area contributed by atoms with Crippen LogP contribution in [-0.4, -0.2) is 5.78 Å². The average Bonchev–Trinajstić information content (AvgIpc) is 1.82. The van der Waals surface area contributed by atoms with Gasteiger partial charge in [0.15, 0.2) is 0 Å². The van der Waals surface area contributed by atoms with Crippen molar-refractivity contribution in [2.45, 2.75) is 27.2 Å². The molecule has 0 heterocycles. The molecule has 1 nitrogen and oxygen atoms in total. The number of carbonyl (C=O) groups excluding carboxylic acids is 1. The van der Waals surface area contributed by atoms with Crippen LogP contribution in [0.25, 0.3) is 0 Å². The SMILES string of the molecule is CC=CC(CC)C(C)=O. The zero-order chi connectivity index (χ0) is 7.28. The Kier molecular flexibility index (Phi) is 4.02. The summed E-state index contributed by atoms with van der Waals surface area (Å²) in [6.07, 6.45) is 4.79. The molecule has 1 unspecified atom stereocenters. The Morgan fingerprint density at radius 2 is 2.22 bits per heavy atom. The van der Waals surface area contributed by atoms with E-state index in [1.54, 1.807) is 6.92 Å². The van der Waals surface area contributed by atoms with Gasteiger partial charge in [-0.2, -0.15) is 0 Å². The molecule has 0 amide bonds. The van der Waals surface area contributed by atoms with Gasteiger partial charge in [-0.1, -0.05) is 19.1 Å². The lowest BCUT2D eigenvalue weighted by atomic mass is 10.0. The highest BCUT2D eigenvalue weighted by atomic mass is 16.1. The van der Waals surface area contributed by atoms with E-state index in [1.165, 1.54) is 0 Å². The first-order valence-corrected chi connectivity index (χ1v) is 3.35. The second-order valence-corrected chi connectivity index (χ2v) is 2.15. The molecule has 0 rings (SSSR count). The number of allylic oxidation sites excluding steroid dienone is 2. The van der Waals surface area contributed by atoms with Gasteiger partial charge in [0.25, 0.3) is 0 Å². The molecule has 1 atom stereocenters. The van der Waals surface area contributed by atoms with Crippen molar-refractivity contribution >= 4 is 5.78 Å². The summed E-state index contributed by atoms with van der Waals surface area (Å²) in [7, 11) is 0. The number of Topliss-reactive ketones (excluding diaryl/α,β-unsaturated/α-hetero) is 1. The van der Waals surface area contributed by atoms with Crippen LogP contribution in [0.2, 0.25) is 0 Å². The van der Waals surface area contributed by atoms with Gasteiger partial charge in [-0.05, 0) is 20.3 Å². The van der Waals surface area contributed by atoms with Crippen molar-refractivity contribution < 1.29 is 4.79 Å². The van der Waals surface area contributed by atoms with Crippen molar-refractivity contribution in [3.63, 3.8) is 0 Å². The molecule has 0 saturated carbocycles. The molecule has 0 aromatic carbocycles. The second kappa shape index (κ2) is 4.30. The molecule has 0 aromatic heterocycles. The Hall–Kier alpha value is -0.590. The Morgan fingerprint density at radius 1 is 1.67 bits per heavy atom. The van der Waals surface area contributed by atoms with Crippen LogP contribution < -0.4 is 0 Å². The first-order valence-electron chi connectivity index (χ1n) is 3.35. The zero-order valence-electron chi connectivity index (χ0n) is 6.35. The number of hydrogen-bond donors (Lipinski definition) is 0. The van der Waals surface area contributed by atoms with Crippen molar-refractivity contribution in [2.24, 2.45) is 5.92 Å². The predicted molar refractivity (Wildman–Crippen MR) is 39.3 cm³/mol. The molecule has 0 saturated heterocycles. The number of hydrogen-bond acceptors (Lipinski definition) is 1. The molecule has 0 N–H and O–H groups in total. The van der Waals surface area contributed by atoms with Gasteiger partial charge in [0.1, 0.15) is 5.78 Å². The lowest BCUT2D eigenvalue weighted by molar-refractivity contribution is -0.119. The summed E-state index contributed by atoms with van der Waals surface area (Å²) in [6, 6.07) is 0. The maximum atomic E-state index is 10.7. The minimum absolute atomic E-state index is 0.148. The summed E-state index contributed by atoms with van der Waals surface area (Å²) >= 11 is 0. The normalized spacial score (nSPS) is 14.1. The van der Waals surface area contributed by atoms with E-state index < -0.39 is 0 Å². The Bertz CT molecular complexity index is 114. The lowest BCUT2D eigenvalue weighted by Gasteiger charge is -2.01. The third-order valence-corrected chi connectivity index (χ3v) is 1.39. The van der Waals surface area contributed by atoms with Crippen LogP contribution in [0.4, 0.5) is 0 Å². The van der Waals surface area contributed by atoms with Gasteiger partial charge in [0.05, 0.1) is 0 Å². The molecule has 0 aliphatic rings. The van der Waals surface area contributed by atoms with E-state index in [-0.39, 0.29) is 11.7 Å². The van der Waals surface area contributed by atoms with Gasteiger partial charge >= 0.3 is 0 Å². The van der Waals surface area contributed by atoms with E-state index in [4.69, 9.17) is 0 Å². The topological polar surface area (TPSA) is 17.1 Å². The fraction of sp³-hybridized carbons (Fsp3) is 0.625. The fourth-order valence-electron chi connectivity index (χ4n) is 0.791. The molecule has 0 spiro atoms. The quantitative estimate of drug-likeness (QED) is 0.530. The van der Waals surface area contributed by atoms with Crippen LogP contribution in [0.3, 0.4) is 0 Å². The number of rotatable bonds is 3. The summed E-state index contributed by atoms with van der Waals surface area (Å²) < 4.78 is 0. The molecule has 0 aliphatic carbocycles. The van der Waals surface area contributed by atoms with Gasteiger partial charge in [-0.25, -0.2) is 0 Å². The third-order valence-electron chi connectivity index (χ3n) is 1.39.